The van der Waals surface area contributed by atoms with Crippen LogP contribution in [0.4, 0.5) is 20.2 Å². The SMILES string of the molecule is Nc1ccc(Cl)cc1SCC(=O)Nc1cc(F)cc(F)c1. The number of nitrogens with two attached hydrogens (primary N) is 1. The molecule has 0 bridgehead atoms. The van der Waals surface area contributed by atoms with Gasteiger partial charge in [-0.3, -0.25) is 4.79 Å². The van der Waals surface area contributed by atoms with E-state index in [2.05, 4.69) is 5.32 Å². The molecule has 3 N–H and O–H groups in total. The summed E-state index contributed by atoms with van der Waals surface area (Å²) >= 11 is 7.03. The van der Waals surface area contributed by atoms with Crippen LogP contribution < -0.4 is 11.1 Å². The van der Waals surface area contributed by atoms with Gasteiger partial charge in [-0.1, -0.05) is 11.6 Å². The molecular formula is C14H11ClF2N2OS. The third-order valence-corrected chi connectivity index (χ3v) is 3.79. The first kappa shape index (κ1) is 15.6. The quantitative estimate of drug-likeness (QED) is 0.660. The van der Waals surface area contributed by atoms with Crippen molar-refractivity contribution < 1.29 is 13.6 Å². The smallest absolute Gasteiger partial charge is 0.234 e. The van der Waals surface area contributed by atoms with Crippen LogP contribution in [-0.4, -0.2) is 11.7 Å². The maximum Gasteiger partial charge on any atom is 0.234 e. The van der Waals surface area contributed by atoms with Gasteiger partial charge in [0.05, 0.1) is 5.75 Å². The Morgan fingerprint density at radius 3 is 2.52 bits per heavy atom. The third-order valence-electron chi connectivity index (χ3n) is 2.48. The Balaban J connectivity index is 1.97. The fraction of sp³-hybridized carbons (Fsp3) is 0.0714. The van der Waals surface area contributed by atoms with Gasteiger partial charge in [0.1, 0.15) is 11.6 Å². The van der Waals surface area contributed by atoms with Crippen molar-refractivity contribution in [2.24, 2.45) is 0 Å². The highest BCUT2D eigenvalue weighted by molar-refractivity contribution is 8.00. The molecular weight excluding hydrogens is 318 g/mol. The number of halogens is 3. The highest BCUT2D eigenvalue weighted by Crippen LogP contribution is 2.28. The lowest BCUT2D eigenvalue weighted by molar-refractivity contribution is -0.113. The molecule has 0 saturated heterocycles. The van der Waals surface area contributed by atoms with Crippen molar-refractivity contribution >= 4 is 40.6 Å². The predicted octanol–water partition coefficient (Wildman–Crippen LogP) is 3.93. The maximum absolute atomic E-state index is 13.0. The number of amides is 1. The van der Waals surface area contributed by atoms with E-state index in [1.54, 1.807) is 18.2 Å². The molecule has 3 nitrogen and oxygen atoms in total. The number of anilines is 2. The Hall–Kier alpha value is -1.79. The summed E-state index contributed by atoms with van der Waals surface area (Å²) in [6, 6.07) is 7.76. The molecule has 0 aliphatic heterocycles. The predicted molar refractivity (Wildman–Crippen MR) is 81.6 cm³/mol. The van der Waals surface area contributed by atoms with E-state index >= 15 is 0 Å². The van der Waals surface area contributed by atoms with E-state index in [9.17, 15) is 13.6 Å². The second kappa shape index (κ2) is 6.78. The van der Waals surface area contributed by atoms with Crippen LogP contribution in [0.15, 0.2) is 41.3 Å². The van der Waals surface area contributed by atoms with Crippen molar-refractivity contribution in [3.63, 3.8) is 0 Å². The van der Waals surface area contributed by atoms with Crippen LogP contribution >= 0.6 is 23.4 Å². The highest BCUT2D eigenvalue weighted by atomic mass is 35.5. The molecule has 2 rings (SSSR count). The Labute approximate surface area is 129 Å². The van der Waals surface area contributed by atoms with E-state index in [1.807, 2.05) is 0 Å². The zero-order chi connectivity index (χ0) is 15.4. The third kappa shape index (κ3) is 4.61. The van der Waals surface area contributed by atoms with Crippen molar-refractivity contribution in [2.75, 3.05) is 16.8 Å². The number of hydrogen-bond acceptors (Lipinski definition) is 3. The normalized spacial score (nSPS) is 10.4. The van der Waals surface area contributed by atoms with E-state index in [4.69, 9.17) is 17.3 Å². The average molecular weight is 329 g/mol. The molecule has 110 valence electrons. The minimum atomic E-state index is -0.753. The zero-order valence-corrected chi connectivity index (χ0v) is 12.3. The van der Waals surface area contributed by atoms with E-state index in [-0.39, 0.29) is 11.4 Å². The number of hydrogen-bond donors (Lipinski definition) is 2. The second-order valence-corrected chi connectivity index (χ2v) is 5.63. The van der Waals surface area contributed by atoms with E-state index < -0.39 is 17.5 Å². The van der Waals surface area contributed by atoms with Gasteiger partial charge < -0.3 is 11.1 Å². The number of nitrogen functional groups attached to an aromatic ring is 1. The summed E-state index contributed by atoms with van der Waals surface area (Å²) < 4.78 is 26.0. The fourth-order valence-corrected chi connectivity index (χ4v) is 2.64. The van der Waals surface area contributed by atoms with Gasteiger partial charge in [-0.25, -0.2) is 8.78 Å². The van der Waals surface area contributed by atoms with E-state index in [0.717, 1.165) is 18.2 Å². The van der Waals surface area contributed by atoms with Crippen molar-refractivity contribution in [2.45, 2.75) is 4.90 Å². The van der Waals surface area contributed by atoms with Gasteiger partial charge in [0.2, 0.25) is 5.91 Å². The molecule has 2 aromatic carbocycles. The van der Waals surface area contributed by atoms with Gasteiger partial charge in [-0.2, -0.15) is 0 Å². The molecule has 0 unspecified atom stereocenters. The molecule has 0 saturated carbocycles. The largest absolute Gasteiger partial charge is 0.398 e. The minimum absolute atomic E-state index is 0.0443. The van der Waals surface area contributed by atoms with Crippen molar-refractivity contribution in [1.29, 1.82) is 0 Å². The molecule has 0 radical (unpaired) electrons. The number of carbonyl (C=O) groups is 1. The standard InChI is InChI=1S/C14H11ClF2N2OS/c15-8-1-2-12(18)13(3-8)21-7-14(20)19-11-5-9(16)4-10(17)6-11/h1-6H,7,18H2,(H,19,20). The number of carbonyl (C=O) groups excluding carboxylic acids is 1. The summed E-state index contributed by atoms with van der Waals surface area (Å²) in [6.07, 6.45) is 0. The van der Waals surface area contributed by atoms with Crippen molar-refractivity contribution in [3.05, 3.63) is 53.1 Å². The number of nitrogens with one attached hydrogen (secondary N) is 1. The molecule has 21 heavy (non-hydrogen) atoms. The number of thioether (sulfide) groups is 1. The minimum Gasteiger partial charge on any atom is -0.398 e. The lowest BCUT2D eigenvalue weighted by atomic mass is 10.3. The van der Waals surface area contributed by atoms with Crippen LogP contribution in [0.25, 0.3) is 0 Å². The lowest BCUT2D eigenvalue weighted by Gasteiger charge is -2.07. The molecule has 0 atom stereocenters. The van der Waals surface area contributed by atoms with E-state index in [0.29, 0.717) is 15.6 Å². The fourth-order valence-electron chi connectivity index (χ4n) is 1.60. The van der Waals surface area contributed by atoms with Gasteiger partial charge in [-0.15, -0.1) is 11.8 Å². The Bertz CT molecular complexity index is 662. The molecule has 2 aromatic rings. The topological polar surface area (TPSA) is 55.1 Å². The van der Waals surface area contributed by atoms with Crippen LogP contribution in [0.3, 0.4) is 0 Å². The van der Waals surface area contributed by atoms with Crippen molar-refractivity contribution in [3.8, 4) is 0 Å². The van der Waals surface area contributed by atoms with Gasteiger partial charge >= 0.3 is 0 Å². The van der Waals surface area contributed by atoms with Crippen molar-refractivity contribution in [1.82, 2.24) is 0 Å². The molecule has 0 fully saturated rings. The Morgan fingerprint density at radius 2 is 1.86 bits per heavy atom. The summed E-state index contributed by atoms with van der Waals surface area (Å²) in [5.74, 6) is -1.86. The molecule has 0 aliphatic rings. The molecule has 7 heteroatoms. The molecule has 0 spiro atoms. The highest BCUT2D eigenvalue weighted by Gasteiger charge is 2.08. The summed E-state index contributed by atoms with van der Waals surface area (Å²) in [5, 5.41) is 2.93. The maximum atomic E-state index is 13.0. The Morgan fingerprint density at radius 1 is 1.19 bits per heavy atom. The van der Waals surface area contributed by atoms with Crippen LogP contribution in [0, 0.1) is 11.6 Å². The summed E-state index contributed by atoms with van der Waals surface area (Å²) in [4.78, 5) is 12.4. The summed E-state index contributed by atoms with van der Waals surface area (Å²) in [6.45, 7) is 0. The first-order chi connectivity index (χ1) is 9.94. The molecule has 0 aliphatic carbocycles. The first-order valence-corrected chi connectivity index (χ1v) is 7.24. The summed E-state index contributed by atoms with van der Waals surface area (Å²) in [5.41, 5.74) is 6.33. The lowest BCUT2D eigenvalue weighted by Crippen LogP contribution is -2.14. The van der Waals surface area contributed by atoms with Gasteiger partial charge in [0.15, 0.2) is 0 Å². The Kier molecular flexibility index (Phi) is 5.03. The van der Waals surface area contributed by atoms with Gasteiger partial charge in [0.25, 0.3) is 0 Å². The van der Waals surface area contributed by atoms with Crippen LogP contribution in [-0.2, 0) is 4.79 Å². The van der Waals surface area contributed by atoms with Crippen LogP contribution in [0.2, 0.25) is 5.02 Å². The van der Waals surface area contributed by atoms with E-state index in [1.165, 1.54) is 11.8 Å². The monoisotopic (exact) mass is 328 g/mol. The zero-order valence-electron chi connectivity index (χ0n) is 10.7. The van der Waals surface area contributed by atoms with Gasteiger partial charge in [0, 0.05) is 27.4 Å². The van der Waals surface area contributed by atoms with Gasteiger partial charge in [-0.05, 0) is 30.3 Å². The van der Waals surface area contributed by atoms with Crippen LogP contribution in [0.1, 0.15) is 0 Å². The first-order valence-electron chi connectivity index (χ1n) is 5.88. The summed E-state index contributed by atoms with van der Waals surface area (Å²) in [7, 11) is 0. The molecule has 1 amide bonds. The molecule has 0 aromatic heterocycles. The number of rotatable bonds is 4. The van der Waals surface area contributed by atoms with Crippen LogP contribution in [0.5, 0.6) is 0 Å². The average Bonchev–Trinajstić information content (AvgIpc) is 2.38. The number of benzene rings is 2. The second-order valence-electron chi connectivity index (χ2n) is 4.18. The molecule has 0 heterocycles.